The zero-order valence-corrected chi connectivity index (χ0v) is 11.1. The van der Waals surface area contributed by atoms with Crippen molar-refractivity contribution in [2.24, 2.45) is 0 Å². The van der Waals surface area contributed by atoms with E-state index in [9.17, 15) is 28.1 Å². The molecule has 0 spiro atoms. The molecule has 10 heteroatoms. The SMILES string of the molecule is O=C(O)c1ccc(Oc2ccc(C(F)(F)F)cc2[N+](=O)[O-])cn1. The summed E-state index contributed by atoms with van der Waals surface area (Å²) in [4.78, 5) is 24.1. The Bertz CT molecular complexity index is 759. The number of nitrogens with zero attached hydrogens (tertiary/aromatic N) is 2. The van der Waals surface area contributed by atoms with Gasteiger partial charge in [-0.2, -0.15) is 13.2 Å². The predicted octanol–water partition coefficient (Wildman–Crippen LogP) is 3.50. The number of nitro benzene ring substituents is 1. The first-order chi connectivity index (χ1) is 10.7. The predicted molar refractivity (Wildman–Crippen MR) is 69.4 cm³/mol. The van der Waals surface area contributed by atoms with Crippen LogP contribution in [-0.2, 0) is 6.18 Å². The molecule has 0 unspecified atom stereocenters. The van der Waals surface area contributed by atoms with Crippen LogP contribution in [0.5, 0.6) is 11.5 Å². The van der Waals surface area contributed by atoms with E-state index >= 15 is 0 Å². The number of rotatable bonds is 4. The highest BCUT2D eigenvalue weighted by Crippen LogP contribution is 2.37. The molecule has 0 aliphatic carbocycles. The van der Waals surface area contributed by atoms with E-state index in [0.29, 0.717) is 12.1 Å². The van der Waals surface area contributed by atoms with Gasteiger partial charge in [-0.25, -0.2) is 9.78 Å². The van der Waals surface area contributed by atoms with E-state index < -0.39 is 34.1 Å². The topological polar surface area (TPSA) is 103 Å². The van der Waals surface area contributed by atoms with E-state index in [1.54, 1.807) is 0 Å². The average molecular weight is 328 g/mol. The molecule has 0 amide bonds. The number of aromatic carboxylic acids is 1. The van der Waals surface area contributed by atoms with Gasteiger partial charge in [0.2, 0.25) is 5.75 Å². The van der Waals surface area contributed by atoms with E-state index in [0.717, 1.165) is 18.3 Å². The van der Waals surface area contributed by atoms with Gasteiger partial charge >= 0.3 is 17.8 Å². The van der Waals surface area contributed by atoms with E-state index in [4.69, 9.17) is 9.84 Å². The van der Waals surface area contributed by atoms with Crippen LogP contribution < -0.4 is 4.74 Å². The minimum atomic E-state index is -4.73. The number of benzene rings is 1. The number of carbonyl (C=O) groups is 1. The maximum absolute atomic E-state index is 12.6. The molecule has 120 valence electrons. The van der Waals surface area contributed by atoms with Crippen LogP contribution in [0, 0.1) is 10.1 Å². The second kappa shape index (κ2) is 5.91. The van der Waals surface area contributed by atoms with Crippen LogP contribution in [0.4, 0.5) is 18.9 Å². The number of ether oxygens (including phenoxy) is 1. The highest BCUT2D eigenvalue weighted by molar-refractivity contribution is 5.85. The van der Waals surface area contributed by atoms with Gasteiger partial charge in [0, 0.05) is 6.07 Å². The highest BCUT2D eigenvalue weighted by Gasteiger charge is 2.33. The second-order valence-electron chi connectivity index (χ2n) is 4.22. The van der Waals surface area contributed by atoms with E-state index in [2.05, 4.69) is 4.98 Å². The molecule has 0 radical (unpaired) electrons. The van der Waals surface area contributed by atoms with Crippen molar-refractivity contribution in [3.05, 3.63) is 57.9 Å². The molecule has 2 aromatic rings. The van der Waals surface area contributed by atoms with Gasteiger partial charge in [0.25, 0.3) is 0 Å². The molecule has 0 atom stereocenters. The number of alkyl halides is 3. The Kier molecular flexibility index (Phi) is 4.16. The molecule has 1 heterocycles. The fourth-order valence-corrected chi connectivity index (χ4v) is 1.62. The molecule has 2 rings (SSSR count). The molecule has 1 aromatic heterocycles. The lowest BCUT2D eigenvalue weighted by atomic mass is 10.2. The first-order valence-electron chi connectivity index (χ1n) is 5.91. The number of hydrogen-bond donors (Lipinski definition) is 1. The summed E-state index contributed by atoms with van der Waals surface area (Å²) >= 11 is 0. The molecular formula is C13H7F3N2O5. The summed E-state index contributed by atoms with van der Waals surface area (Å²) in [6.07, 6.45) is -3.74. The fourth-order valence-electron chi connectivity index (χ4n) is 1.62. The standard InChI is InChI=1S/C13H7F3N2O5/c14-13(15,16)7-1-4-11(10(5-7)18(21)22)23-8-2-3-9(12(19)20)17-6-8/h1-6H,(H,19,20). The quantitative estimate of drug-likeness (QED) is 0.680. The van der Waals surface area contributed by atoms with Crippen molar-refractivity contribution >= 4 is 11.7 Å². The van der Waals surface area contributed by atoms with Gasteiger partial charge in [-0.3, -0.25) is 10.1 Å². The third-order valence-corrected chi connectivity index (χ3v) is 2.67. The van der Waals surface area contributed by atoms with Crippen molar-refractivity contribution in [1.82, 2.24) is 4.98 Å². The molecule has 1 aromatic carbocycles. The first-order valence-corrected chi connectivity index (χ1v) is 5.91. The lowest BCUT2D eigenvalue weighted by Gasteiger charge is -2.09. The Balaban J connectivity index is 2.35. The fraction of sp³-hybridized carbons (Fsp3) is 0.0769. The summed E-state index contributed by atoms with van der Waals surface area (Å²) in [5.74, 6) is -1.76. The Morgan fingerprint density at radius 1 is 1.26 bits per heavy atom. The Labute approximate surface area is 126 Å². The first kappa shape index (κ1) is 16.2. The zero-order valence-electron chi connectivity index (χ0n) is 11.1. The van der Waals surface area contributed by atoms with Crippen LogP contribution in [0.15, 0.2) is 36.5 Å². The van der Waals surface area contributed by atoms with Crippen LogP contribution >= 0.6 is 0 Å². The van der Waals surface area contributed by atoms with Crippen molar-refractivity contribution < 1.29 is 32.7 Å². The van der Waals surface area contributed by atoms with Gasteiger partial charge in [-0.15, -0.1) is 0 Å². The lowest BCUT2D eigenvalue weighted by molar-refractivity contribution is -0.385. The van der Waals surface area contributed by atoms with Crippen LogP contribution in [-0.4, -0.2) is 21.0 Å². The Morgan fingerprint density at radius 2 is 1.96 bits per heavy atom. The van der Waals surface area contributed by atoms with E-state index in [1.807, 2.05) is 0 Å². The highest BCUT2D eigenvalue weighted by atomic mass is 19.4. The van der Waals surface area contributed by atoms with Crippen LogP contribution in [0.1, 0.15) is 16.1 Å². The summed E-state index contributed by atoms with van der Waals surface area (Å²) in [6, 6.07) is 4.08. The molecule has 0 fully saturated rings. The van der Waals surface area contributed by atoms with Crippen molar-refractivity contribution in [3.8, 4) is 11.5 Å². The number of halogens is 3. The number of nitro groups is 1. The number of pyridine rings is 1. The van der Waals surface area contributed by atoms with Gasteiger partial charge in [-0.1, -0.05) is 0 Å². The molecule has 0 aliphatic heterocycles. The third-order valence-electron chi connectivity index (χ3n) is 2.67. The van der Waals surface area contributed by atoms with Crippen LogP contribution in [0.25, 0.3) is 0 Å². The summed E-state index contributed by atoms with van der Waals surface area (Å²) in [5, 5.41) is 19.6. The largest absolute Gasteiger partial charge is 0.477 e. The summed E-state index contributed by atoms with van der Waals surface area (Å²) in [6.45, 7) is 0. The normalized spacial score (nSPS) is 11.1. The number of aromatic nitrogens is 1. The number of carboxylic acid groups (broad SMARTS) is 1. The zero-order chi connectivity index (χ0) is 17.2. The molecule has 1 N–H and O–H groups in total. The lowest BCUT2D eigenvalue weighted by Crippen LogP contribution is -2.06. The molecule has 0 aliphatic rings. The van der Waals surface area contributed by atoms with Crippen molar-refractivity contribution in [2.45, 2.75) is 6.18 Å². The van der Waals surface area contributed by atoms with E-state index in [1.165, 1.54) is 6.07 Å². The summed E-state index contributed by atoms with van der Waals surface area (Å²) in [5.41, 5.74) is -2.34. The summed E-state index contributed by atoms with van der Waals surface area (Å²) < 4.78 is 42.9. The average Bonchev–Trinajstić information content (AvgIpc) is 2.46. The number of hydrogen-bond acceptors (Lipinski definition) is 5. The Hall–Kier alpha value is -3.17. The van der Waals surface area contributed by atoms with Crippen molar-refractivity contribution in [1.29, 1.82) is 0 Å². The smallest absolute Gasteiger partial charge is 0.416 e. The number of carboxylic acids is 1. The van der Waals surface area contributed by atoms with Crippen LogP contribution in [0.2, 0.25) is 0 Å². The monoisotopic (exact) mass is 328 g/mol. The molecule has 0 saturated carbocycles. The van der Waals surface area contributed by atoms with Gasteiger partial charge in [0.15, 0.2) is 0 Å². The third kappa shape index (κ3) is 3.73. The molecule has 7 nitrogen and oxygen atoms in total. The van der Waals surface area contributed by atoms with Crippen LogP contribution in [0.3, 0.4) is 0 Å². The maximum atomic E-state index is 12.6. The minimum absolute atomic E-state index is 0.0575. The maximum Gasteiger partial charge on any atom is 0.416 e. The van der Waals surface area contributed by atoms with Gasteiger partial charge < -0.3 is 9.84 Å². The molecule has 23 heavy (non-hydrogen) atoms. The molecular weight excluding hydrogens is 321 g/mol. The minimum Gasteiger partial charge on any atom is -0.477 e. The summed E-state index contributed by atoms with van der Waals surface area (Å²) in [7, 11) is 0. The van der Waals surface area contributed by atoms with Gasteiger partial charge in [-0.05, 0) is 24.3 Å². The Morgan fingerprint density at radius 3 is 2.43 bits per heavy atom. The van der Waals surface area contributed by atoms with Gasteiger partial charge in [0.05, 0.1) is 16.7 Å². The van der Waals surface area contributed by atoms with E-state index in [-0.39, 0.29) is 11.4 Å². The molecule has 0 bridgehead atoms. The van der Waals surface area contributed by atoms with Gasteiger partial charge in [0.1, 0.15) is 11.4 Å². The van der Waals surface area contributed by atoms with Crippen molar-refractivity contribution in [2.75, 3.05) is 0 Å². The molecule has 0 saturated heterocycles. The second-order valence-corrected chi connectivity index (χ2v) is 4.22. The van der Waals surface area contributed by atoms with Crippen molar-refractivity contribution in [3.63, 3.8) is 0 Å².